The van der Waals surface area contributed by atoms with Crippen molar-refractivity contribution in [2.45, 2.75) is 38.6 Å². The fourth-order valence-corrected chi connectivity index (χ4v) is 3.40. The van der Waals surface area contributed by atoms with Gasteiger partial charge in [0.1, 0.15) is 0 Å². The zero-order valence-electron chi connectivity index (χ0n) is 13.3. The number of hydrogen-bond donors (Lipinski definition) is 3. The summed E-state index contributed by atoms with van der Waals surface area (Å²) in [5, 5.41) is 2.81. The van der Waals surface area contributed by atoms with Gasteiger partial charge < -0.3 is 11.1 Å². The first kappa shape index (κ1) is 19.7. The smallest absolute Gasteiger partial charge is 0.229 e. The molecule has 1 fully saturated rings. The summed E-state index contributed by atoms with van der Waals surface area (Å²) in [5.74, 6) is 0.149. The predicted molar refractivity (Wildman–Crippen MR) is 95.5 cm³/mol. The quantitative estimate of drug-likeness (QED) is 0.748. The molecule has 23 heavy (non-hydrogen) atoms. The third-order valence-electron chi connectivity index (χ3n) is 3.98. The highest BCUT2D eigenvalue weighted by Gasteiger charge is 2.26. The number of rotatable bonds is 5. The Hall–Kier alpha value is -1.31. The lowest BCUT2D eigenvalue weighted by atomic mass is 10.00. The number of anilines is 2. The maximum atomic E-state index is 12.1. The number of carbonyl (C=O) groups is 1. The molecule has 2 rings (SSSR count). The van der Waals surface area contributed by atoms with Crippen molar-refractivity contribution in [3.63, 3.8) is 0 Å². The molecule has 1 aromatic rings. The van der Waals surface area contributed by atoms with Crippen LogP contribution in [0.1, 0.15) is 31.2 Å². The minimum absolute atomic E-state index is 0. The van der Waals surface area contributed by atoms with Gasteiger partial charge in [0.05, 0.1) is 11.9 Å². The highest BCUT2D eigenvalue weighted by atomic mass is 35.5. The third-order valence-corrected chi connectivity index (χ3v) is 4.57. The Morgan fingerprint density at radius 2 is 2.04 bits per heavy atom. The maximum Gasteiger partial charge on any atom is 0.229 e. The van der Waals surface area contributed by atoms with Gasteiger partial charge in [0.2, 0.25) is 15.9 Å². The molecule has 4 N–H and O–H groups in total. The Morgan fingerprint density at radius 1 is 1.35 bits per heavy atom. The van der Waals surface area contributed by atoms with Crippen molar-refractivity contribution < 1.29 is 13.2 Å². The lowest BCUT2D eigenvalue weighted by molar-refractivity contribution is -0.117. The van der Waals surface area contributed by atoms with Crippen molar-refractivity contribution in [2.24, 2.45) is 11.7 Å². The zero-order valence-corrected chi connectivity index (χ0v) is 15.0. The Bertz CT molecular complexity index is 664. The monoisotopic (exact) mass is 361 g/mol. The van der Waals surface area contributed by atoms with Crippen LogP contribution in [0, 0.1) is 12.8 Å². The second-order valence-electron chi connectivity index (χ2n) is 6.01. The van der Waals surface area contributed by atoms with Crippen LogP contribution in [0.25, 0.3) is 0 Å². The highest BCUT2D eigenvalue weighted by molar-refractivity contribution is 7.92. The Labute approximate surface area is 143 Å². The molecule has 0 bridgehead atoms. The van der Waals surface area contributed by atoms with E-state index in [1.54, 1.807) is 25.1 Å². The molecule has 130 valence electrons. The van der Waals surface area contributed by atoms with Crippen LogP contribution in [0.3, 0.4) is 0 Å². The number of sulfonamides is 1. The summed E-state index contributed by atoms with van der Waals surface area (Å²) < 4.78 is 25.1. The number of benzene rings is 1. The second-order valence-corrected chi connectivity index (χ2v) is 7.76. The number of nitrogens with two attached hydrogens (primary N) is 1. The van der Waals surface area contributed by atoms with E-state index >= 15 is 0 Å². The Morgan fingerprint density at radius 3 is 2.61 bits per heavy atom. The first-order chi connectivity index (χ1) is 10.2. The molecule has 0 spiro atoms. The van der Waals surface area contributed by atoms with E-state index in [0.29, 0.717) is 17.8 Å². The van der Waals surface area contributed by atoms with E-state index < -0.39 is 10.0 Å². The van der Waals surface area contributed by atoms with Crippen LogP contribution in [0.5, 0.6) is 0 Å². The summed E-state index contributed by atoms with van der Waals surface area (Å²) in [5.41, 5.74) is 7.82. The van der Waals surface area contributed by atoms with E-state index in [1.165, 1.54) is 0 Å². The molecule has 1 saturated carbocycles. The molecule has 1 aromatic carbocycles. The average molecular weight is 362 g/mol. The highest BCUT2D eigenvalue weighted by Crippen LogP contribution is 2.27. The first-order valence-corrected chi connectivity index (χ1v) is 9.27. The molecule has 1 aliphatic carbocycles. The molecule has 0 aliphatic heterocycles. The third kappa shape index (κ3) is 6.01. The number of nitrogens with one attached hydrogen (secondary N) is 2. The molecule has 8 heteroatoms. The van der Waals surface area contributed by atoms with Gasteiger partial charge in [0.15, 0.2) is 0 Å². The molecule has 2 atom stereocenters. The summed E-state index contributed by atoms with van der Waals surface area (Å²) >= 11 is 0. The standard InChI is InChI=1S/C15H23N3O3S.ClH/c1-10-6-7-12(9-14(10)18-22(2,20)21)17-15(19)8-11-4-3-5-13(11)16;/h6-7,9,11,13,18H,3-5,8,16H2,1-2H3,(H,17,19);1H/t11-,13+;/m0./s1. The van der Waals surface area contributed by atoms with E-state index in [1.807, 2.05) is 0 Å². The second kappa shape index (κ2) is 7.99. The molecule has 0 saturated heterocycles. The van der Waals surface area contributed by atoms with Crippen LogP contribution in [-0.4, -0.2) is 26.6 Å². The SMILES string of the molecule is Cc1ccc(NC(=O)C[C@@H]2CCC[C@H]2N)cc1NS(C)(=O)=O.Cl. The van der Waals surface area contributed by atoms with Crippen molar-refractivity contribution >= 4 is 39.7 Å². The van der Waals surface area contributed by atoms with E-state index in [9.17, 15) is 13.2 Å². The predicted octanol–water partition coefficient (Wildman–Crippen LogP) is 2.24. The normalized spacial score (nSPS) is 20.7. The summed E-state index contributed by atoms with van der Waals surface area (Å²) in [6, 6.07) is 5.26. The minimum Gasteiger partial charge on any atom is -0.327 e. The van der Waals surface area contributed by atoms with Gasteiger partial charge in [-0.05, 0) is 43.4 Å². The Kier molecular flexibility index (Phi) is 6.85. The minimum atomic E-state index is -3.35. The van der Waals surface area contributed by atoms with Gasteiger partial charge in [0.25, 0.3) is 0 Å². The Balaban J connectivity index is 0.00000264. The lowest BCUT2D eigenvalue weighted by Crippen LogP contribution is -2.28. The van der Waals surface area contributed by atoms with Gasteiger partial charge in [-0.25, -0.2) is 8.42 Å². The van der Waals surface area contributed by atoms with E-state index in [4.69, 9.17) is 5.73 Å². The summed E-state index contributed by atoms with van der Waals surface area (Å²) in [7, 11) is -3.35. The molecule has 1 amide bonds. The van der Waals surface area contributed by atoms with Crippen molar-refractivity contribution in [1.29, 1.82) is 0 Å². The lowest BCUT2D eigenvalue weighted by Gasteiger charge is -2.15. The van der Waals surface area contributed by atoms with Crippen molar-refractivity contribution in [2.75, 3.05) is 16.3 Å². The van der Waals surface area contributed by atoms with Crippen LogP contribution in [-0.2, 0) is 14.8 Å². The van der Waals surface area contributed by atoms with Gasteiger partial charge in [-0.15, -0.1) is 12.4 Å². The van der Waals surface area contributed by atoms with Crippen LogP contribution >= 0.6 is 12.4 Å². The molecular weight excluding hydrogens is 338 g/mol. The van der Waals surface area contributed by atoms with E-state index in [0.717, 1.165) is 31.1 Å². The summed E-state index contributed by atoms with van der Waals surface area (Å²) in [4.78, 5) is 12.1. The maximum absolute atomic E-state index is 12.1. The number of amides is 1. The van der Waals surface area contributed by atoms with Crippen molar-refractivity contribution in [1.82, 2.24) is 0 Å². The summed E-state index contributed by atoms with van der Waals surface area (Å²) in [6.45, 7) is 1.80. The summed E-state index contributed by atoms with van der Waals surface area (Å²) in [6.07, 6.45) is 4.55. The van der Waals surface area contributed by atoms with Crippen molar-refractivity contribution in [3.05, 3.63) is 23.8 Å². The van der Waals surface area contributed by atoms with Crippen LogP contribution in [0.15, 0.2) is 18.2 Å². The van der Waals surface area contributed by atoms with Crippen LogP contribution < -0.4 is 15.8 Å². The van der Waals surface area contributed by atoms with Gasteiger partial charge in [-0.1, -0.05) is 12.5 Å². The number of halogens is 1. The molecule has 6 nitrogen and oxygen atoms in total. The fourth-order valence-electron chi connectivity index (χ4n) is 2.78. The molecule has 0 radical (unpaired) electrons. The largest absolute Gasteiger partial charge is 0.327 e. The number of carbonyl (C=O) groups excluding carboxylic acids is 1. The van der Waals surface area contributed by atoms with Gasteiger partial charge >= 0.3 is 0 Å². The van der Waals surface area contributed by atoms with Gasteiger partial charge in [0, 0.05) is 18.2 Å². The molecule has 0 heterocycles. The van der Waals surface area contributed by atoms with Crippen LogP contribution in [0.2, 0.25) is 0 Å². The van der Waals surface area contributed by atoms with Gasteiger partial charge in [-0.3, -0.25) is 9.52 Å². The zero-order chi connectivity index (χ0) is 16.3. The van der Waals surface area contributed by atoms with Crippen LogP contribution in [0.4, 0.5) is 11.4 Å². The molecular formula is C15H24ClN3O3S. The van der Waals surface area contributed by atoms with Gasteiger partial charge in [-0.2, -0.15) is 0 Å². The number of hydrogen-bond acceptors (Lipinski definition) is 4. The van der Waals surface area contributed by atoms with E-state index in [2.05, 4.69) is 10.0 Å². The number of aryl methyl sites for hydroxylation is 1. The first-order valence-electron chi connectivity index (χ1n) is 7.38. The van der Waals surface area contributed by atoms with Crippen molar-refractivity contribution in [3.8, 4) is 0 Å². The van der Waals surface area contributed by atoms with E-state index in [-0.39, 0.29) is 30.3 Å². The molecule has 1 aliphatic rings. The topological polar surface area (TPSA) is 101 Å². The average Bonchev–Trinajstić information content (AvgIpc) is 2.77. The molecule has 0 unspecified atom stereocenters. The fraction of sp³-hybridized carbons (Fsp3) is 0.533. The molecule has 0 aromatic heterocycles.